The number of halogens is 1. The highest BCUT2D eigenvalue weighted by atomic mass is 32.2. The van der Waals surface area contributed by atoms with Gasteiger partial charge in [0.05, 0.1) is 18.9 Å². The number of hydrogen-bond donors (Lipinski definition) is 0. The minimum Gasteiger partial charge on any atom is -0.459 e. The van der Waals surface area contributed by atoms with Crippen molar-refractivity contribution in [2.75, 3.05) is 27.2 Å². The van der Waals surface area contributed by atoms with Gasteiger partial charge in [0.15, 0.2) is 5.82 Å². The van der Waals surface area contributed by atoms with Gasteiger partial charge in [0.25, 0.3) is 10.2 Å². The standard InChI is InChI=1S/C10H15FN4O3S/c1-14(2)19(16,17)15-4-3-9(7-15)18-10-12-5-8(11)6-13-10/h5-6,9H,3-4,7H2,1-2H3/t9-/m0/s1. The molecule has 0 aliphatic carbocycles. The Morgan fingerprint density at radius 1 is 1.42 bits per heavy atom. The summed E-state index contributed by atoms with van der Waals surface area (Å²) < 4.78 is 44.3. The molecule has 1 aromatic heterocycles. The van der Waals surface area contributed by atoms with Gasteiger partial charge in [0.2, 0.25) is 0 Å². The van der Waals surface area contributed by atoms with Crippen LogP contribution in [0.25, 0.3) is 0 Å². The van der Waals surface area contributed by atoms with Crippen LogP contribution in [0.2, 0.25) is 0 Å². The molecule has 1 aliphatic heterocycles. The van der Waals surface area contributed by atoms with Gasteiger partial charge in [-0.25, -0.2) is 14.4 Å². The average molecular weight is 290 g/mol. The molecule has 106 valence electrons. The first-order chi connectivity index (χ1) is 8.89. The lowest BCUT2D eigenvalue weighted by molar-refractivity contribution is 0.196. The summed E-state index contributed by atoms with van der Waals surface area (Å²) in [6.07, 6.45) is 2.24. The van der Waals surface area contributed by atoms with Crippen molar-refractivity contribution in [3.63, 3.8) is 0 Å². The van der Waals surface area contributed by atoms with Gasteiger partial charge in [-0.1, -0.05) is 0 Å². The maximum Gasteiger partial charge on any atom is 0.316 e. The molecular formula is C10H15FN4O3S. The fourth-order valence-electron chi connectivity index (χ4n) is 1.74. The highest BCUT2D eigenvalue weighted by Crippen LogP contribution is 2.18. The second-order valence-electron chi connectivity index (χ2n) is 4.36. The molecule has 0 radical (unpaired) electrons. The molecule has 0 bridgehead atoms. The Kier molecular flexibility index (Phi) is 3.97. The monoisotopic (exact) mass is 290 g/mol. The van der Waals surface area contributed by atoms with E-state index < -0.39 is 16.0 Å². The molecule has 1 aliphatic rings. The summed E-state index contributed by atoms with van der Waals surface area (Å²) in [6.45, 7) is 0.619. The van der Waals surface area contributed by atoms with E-state index in [-0.39, 0.29) is 18.7 Å². The van der Waals surface area contributed by atoms with E-state index in [9.17, 15) is 12.8 Å². The molecule has 1 atom stereocenters. The van der Waals surface area contributed by atoms with E-state index in [1.165, 1.54) is 18.4 Å². The van der Waals surface area contributed by atoms with Gasteiger partial charge in [-0.15, -0.1) is 0 Å². The SMILES string of the molecule is CN(C)S(=O)(=O)N1CC[C@H](Oc2ncc(F)cn2)C1. The van der Waals surface area contributed by atoms with E-state index in [4.69, 9.17) is 4.74 Å². The summed E-state index contributed by atoms with van der Waals surface area (Å²) >= 11 is 0. The maximum atomic E-state index is 12.6. The molecule has 1 saturated heterocycles. The van der Waals surface area contributed by atoms with Gasteiger partial charge in [-0.2, -0.15) is 17.0 Å². The van der Waals surface area contributed by atoms with E-state index in [1.807, 2.05) is 0 Å². The second kappa shape index (κ2) is 5.35. The molecule has 0 N–H and O–H groups in total. The predicted molar refractivity (Wildman–Crippen MR) is 65.2 cm³/mol. The van der Waals surface area contributed by atoms with Crippen LogP contribution in [0, 0.1) is 5.82 Å². The summed E-state index contributed by atoms with van der Waals surface area (Å²) in [5.74, 6) is -0.546. The third kappa shape index (κ3) is 3.17. The van der Waals surface area contributed by atoms with Crippen molar-refractivity contribution in [3.8, 4) is 6.01 Å². The second-order valence-corrected chi connectivity index (χ2v) is 6.50. The Bertz CT molecular complexity index is 534. The zero-order chi connectivity index (χ0) is 14.0. The topological polar surface area (TPSA) is 75.6 Å². The summed E-state index contributed by atoms with van der Waals surface area (Å²) in [5.41, 5.74) is 0. The summed E-state index contributed by atoms with van der Waals surface area (Å²) in [6, 6.07) is 0.0514. The number of rotatable bonds is 4. The van der Waals surface area contributed by atoms with Crippen molar-refractivity contribution in [1.82, 2.24) is 18.6 Å². The van der Waals surface area contributed by atoms with Gasteiger partial charge in [-0.05, 0) is 6.42 Å². The molecule has 2 rings (SSSR count). The first kappa shape index (κ1) is 14.1. The van der Waals surface area contributed by atoms with Crippen LogP contribution in [0.1, 0.15) is 6.42 Å². The number of ether oxygens (including phenoxy) is 1. The number of nitrogens with zero attached hydrogens (tertiary/aromatic N) is 4. The zero-order valence-corrected chi connectivity index (χ0v) is 11.5. The van der Waals surface area contributed by atoms with Gasteiger partial charge in [0.1, 0.15) is 6.10 Å². The van der Waals surface area contributed by atoms with Gasteiger partial charge in [0, 0.05) is 20.6 Å². The lowest BCUT2D eigenvalue weighted by atomic mass is 10.3. The Labute approximate surface area is 111 Å². The van der Waals surface area contributed by atoms with Crippen LogP contribution in [-0.2, 0) is 10.2 Å². The highest BCUT2D eigenvalue weighted by Gasteiger charge is 2.34. The first-order valence-corrected chi connectivity index (χ1v) is 7.11. The maximum absolute atomic E-state index is 12.6. The van der Waals surface area contributed by atoms with Crippen molar-refractivity contribution in [1.29, 1.82) is 0 Å². The third-order valence-electron chi connectivity index (χ3n) is 2.76. The zero-order valence-electron chi connectivity index (χ0n) is 10.7. The van der Waals surface area contributed by atoms with E-state index in [2.05, 4.69) is 9.97 Å². The quantitative estimate of drug-likeness (QED) is 0.772. The Morgan fingerprint density at radius 3 is 2.63 bits per heavy atom. The molecule has 9 heteroatoms. The van der Waals surface area contributed by atoms with Crippen LogP contribution >= 0.6 is 0 Å². The Morgan fingerprint density at radius 2 is 2.05 bits per heavy atom. The van der Waals surface area contributed by atoms with E-state index in [0.29, 0.717) is 13.0 Å². The molecule has 1 aromatic rings. The smallest absolute Gasteiger partial charge is 0.316 e. The minimum atomic E-state index is -3.42. The van der Waals surface area contributed by atoms with Crippen LogP contribution < -0.4 is 4.74 Å². The third-order valence-corrected chi connectivity index (χ3v) is 4.67. The van der Waals surface area contributed by atoms with Crippen molar-refractivity contribution >= 4 is 10.2 Å². The summed E-state index contributed by atoms with van der Waals surface area (Å²) in [4.78, 5) is 7.35. The van der Waals surface area contributed by atoms with Crippen LogP contribution in [0.3, 0.4) is 0 Å². The van der Waals surface area contributed by atoms with E-state index in [1.54, 1.807) is 0 Å². The van der Waals surface area contributed by atoms with Crippen LogP contribution in [0.4, 0.5) is 4.39 Å². The fraction of sp³-hybridized carbons (Fsp3) is 0.600. The van der Waals surface area contributed by atoms with Crippen molar-refractivity contribution in [3.05, 3.63) is 18.2 Å². The van der Waals surface area contributed by atoms with Gasteiger partial charge < -0.3 is 4.74 Å². The molecule has 19 heavy (non-hydrogen) atoms. The highest BCUT2D eigenvalue weighted by molar-refractivity contribution is 7.86. The number of hydrogen-bond acceptors (Lipinski definition) is 5. The predicted octanol–water partition coefficient (Wildman–Crippen LogP) is -0.125. The normalized spacial score (nSPS) is 20.9. The number of aromatic nitrogens is 2. The molecule has 0 unspecified atom stereocenters. The summed E-state index contributed by atoms with van der Waals surface area (Å²) in [5, 5.41) is 0. The average Bonchev–Trinajstić information content (AvgIpc) is 2.81. The molecule has 1 fully saturated rings. The lowest BCUT2D eigenvalue weighted by Crippen LogP contribution is -2.39. The first-order valence-electron chi connectivity index (χ1n) is 5.71. The molecule has 0 saturated carbocycles. The summed E-state index contributed by atoms with van der Waals surface area (Å²) in [7, 11) is -0.465. The molecule has 0 spiro atoms. The molecule has 2 heterocycles. The Balaban J connectivity index is 1.98. The molecule has 0 amide bonds. The van der Waals surface area contributed by atoms with E-state index in [0.717, 1.165) is 16.7 Å². The van der Waals surface area contributed by atoms with Crippen LogP contribution in [0.5, 0.6) is 6.01 Å². The minimum absolute atomic E-state index is 0.0514. The van der Waals surface area contributed by atoms with Crippen molar-refractivity contribution in [2.24, 2.45) is 0 Å². The molecule has 7 nitrogen and oxygen atoms in total. The lowest BCUT2D eigenvalue weighted by Gasteiger charge is -2.20. The van der Waals surface area contributed by atoms with E-state index >= 15 is 0 Å². The molecule has 0 aromatic carbocycles. The van der Waals surface area contributed by atoms with Crippen molar-refractivity contribution in [2.45, 2.75) is 12.5 Å². The van der Waals surface area contributed by atoms with Crippen LogP contribution in [-0.4, -0.2) is 60.3 Å². The Hall–Kier alpha value is -1.32. The molecular weight excluding hydrogens is 275 g/mol. The van der Waals surface area contributed by atoms with Gasteiger partial charge >= 0.3 is 6.01 Å². The fourth-order valence-corrected chi connectivity index (χ4v) is 2.90. The largest absolute Gasteiger partial charge is 0.459 e. The van der Waals surface area contributed by atoms with Gasteiger partial charge in [-0.3, -0.25) is 0 Å². The van der Waals surface area contributed by atoms with Crippen LogP contribution in [0.15, 0.2) is 12.4 Å². The van der Waals surface area contributed by atoms with Crippen molar-refractivity contribution < 1.29 is 17.5 Å².